The van der Waals surface area contributed by atoms with Gasteiger partial charge in [0.05, 0.1) is 28.6 Å². The summed E-state index contributed by atoms with van der Waals surface area (Å²) in [7, 11) is -7.04. The van der Waals surface area contributed by atoms with E-state index in [9.17, 15) is 21.9 Å². The number of piperidine rings is 1. The molecule has 2 saturated heterocycles. The Morgan fingerprint density at radius 3 is 2.66 bits per heavy atom. The van der Waals surface area contributed by atoms with Crippen LogP contribution in [0.3, 0.4) is 0 Å². The zero-order valence-electron chi connectivity index (χ0n) is 22.6. The van der Waals surface area contributed by atoms with E-state index in [1.165, 1.54) is 22.6 Å². The number of aliphatic hydroxyl groups is 1. The van der Waals surface area contributed by atoms with Gasteiger partial charge in [0.2, 0.25) is 10.0 Å². The van der Waals surface area contributed by atoms with Crippen LogP contribution >= 0.6 is 0 Å². The highest BCUT2D eigenvalue weighted by molar-refractivity contribution is 7.92. The number of nitrogens with zero attached hydrogens (tertiary/aromatic N) is 2. The van der Waals surface area contributed by atoms with E-state index in [4.69, 9.17) is 18.9 Å². The molecule has 1 unspecified atom stereocenters. The van der Waals surface area contributed by atoms with Crippen LogP contribution in [0.4, 0.5) is 0 Å². The summed E-state index contributed by atoms with van der Waals surface area (Å²) in [5.41, 5.74) is -0.413. The largest absolute Gasteiger partial charge is 0.491 e. The molecule has 4 aliphatic rings. The molecule has 3 aliphatic heterocycles. The van der Waals surface area contributed by atoms with Crippen LogP contribution in [0.25, 0.3) is 0 Å². The molecule has 0 radical (unpaired) electrons. The number of hydrogen-bond donors (Lipinski definition) is 2. The molecule has 0 amide bonds. The summed E-state index contributed by atoms with van der Waals surface area (Å²) in [4.78, 5) is 4.44. The highest BCUT2D eigenvalue weighted by Gasteiger charge is 2.45. The predicted molar refractivity (Wildman–Crippen MR) is 146 cm³/mol. The Hall–Kier alpha value is -2.49. The van der Waals surface area contributed by atoms with Gasteiger partial charge in [0, 0.05) is 31.7 Å². The van der Waals surface area contributed by atoms with Crippen LogP contribution < -0.4 is 19.5 Å². The van der Waals surface area contributed by atoms with Gasteiger partial charge in [-0.1, -0.05) is 6.07 Å². The minimum atomic E-state index is -3.73. The summed E-state index contributed by atoms with van der Waals surface area (Å²) in [6, 6.07) is 7.89. The maximum absolute atomic E-state index is 13.2. The molecule has 41 heavy (non-hydrogen) atoms. The molecule has 2 atom stereocenters. The van der Waals surface area contributed by atoms with Crippen LogP contribution in [0.1, 0.15) is 32.1 Å². The lowest BCUT2D eigenvalue weighted by molar-refractivity contribution is -0.0312. The second-order valence-electron chi connectivity index (χ2n) is 11.1. The Balaban J connectivity index is 0.961. The Morgan fingerprint density at radius 2 is 1.88 bits per heavy atom. The number of pyridine rings is 1. The highest BCUT2D eigenvalue weighted by atomic mass is 32.2. The van der Waals surface area contributed by atoms with Gasteiger partial charge >= 0.3 is 0 Å². The first kappa shape index (κ1) is 28.6. The normalized spacial score (nSPS) is 23.4. The lowest BCUT2D eigenvalue weighted by Crippen LogP contribution is -2.47. The SMILES string of the molecule is O=S(=O)(c1cccc(OCC(O)CN[C@H]2COC3(CCN(S(=O)(=O)c4cnc5c(c4)OCCO5)CC3)C2)c1)C1CC1. The van der Waals surface area contributed by atoms with Crippen molar-refractivity contribution in [2.45, 2.75) is 64.9 Å². The number of sulfone groups is 1. The molecule has 6 rings (SSSR count). The van der Waals surface area contributed by atoms with Crippen LogP contribution in [0.2, 0.25) is 0 Å². The van der Waals surface area contributed by atoms with Gasteiger partial charge in [0.25, 0.3) is 5.88 Å². The van der Waals surface area contributed by atoms with Gasteiger partial charge in [0.15, 0.2) is 15.6 Å². The van der Waals surface area contributed by atoms with E-state index in [0.29, 0.717) is 82.4 Å². The van der Waals surface area contributed by atoms with Gasteiger partial charge in [-0.25, -0.2) is 21.8 Å². The van der Waals surface area contributed by atoms with Gasteiger partial charge in [-0.05, 0) is 50.3 Å². The van der Waals surface area contributed by atoms with Crippen molar-refractivity contribution in [3.63, 3.8) is 0 Å². The molecule has 4 heterocycles. The second kappa shape index (κ2) is 11.3. The van der Waals surface area contributed by atoms with Crippen molar-refractivity contribution in [3.05, 3.63) is 36.5 Å². The molecule has 0 bridgehead atoms. The van der Waals surface area contributed by atoms with E-state index in [1.807, 2.05) is 0 Å². The maximum atomic E-state index is 13.2. The summed E-state index contributed by atoms with van der Waals surface area (Å²) in [6.07, 6.45) is 3.73. The van der Waals surface area contributed by atoms with Crippen molar-refractivity contribution in [3.8, 4) is 17.4 Å². The smallest absolute Gasteiger partial charge is 0.257 e. The number of rotatable bonds is 10. The molecule has 1 aromatic heterocycles. The molecule has 1 saturated carbocycles. The number of sulfonamides is 1. The van der Waals surface area contributed by atoms with Gasteiger partial charge in [-0.2, -0.15) is 4.31 Å². The van der Waals surface area contributed by atoms with Crippen molar-refractivity contribution < 1.29 is 40.9 Å². The molecule has 12 nitrogen and oxygen atoms in total. The van der Waals surface area contributed by atoms with Gasteiger partial charge in [-0.15, -0.1) is 0 Å². The summed E-state index contributed by atoms with van der Waals surface area (Å²) in [5, 5.41) is 13.5. The standard InChI is InChI=1S/C27H35N3O9S2/c31-20(18-38-21-2-1-3-23(12-21)40(32,33)22-4-5-22)15-28-19-14-27(39-17-19)6-8-30(9-7-27)41(34,35)24-13-25-26(29-16-24)37-11-10-36-25/h1-3,12-13,16,19-20,22,28,31H,4-11,14-15,17-18H2/t19-,20?/m1/s1. The van der Waals surface area contributed by atoms with E-state index >= 15 is 0 Å². The van der Waals surface area contributed by atoms with Gasteiger partial charge in [0.1, 0.15) is 36.6 Å². The lowest BCUT2D eigenvalue weighted by Gasteiger charge is -2.38. The van der Waals surface area contributed by atoms with Crippen molar-refractivity contribution in [1.82, 2.24) is 14.6 Å². The van der Waals surface area contributed by atoms with Crippen LogP contribution in [0.5, 0.6) is 17.4 Å². The molecule has 2 aromatic rings. The zero-order chi connectivity index (χ0) is 28.7. The van der Waals surface area contributed by atoms with Crippen molar-refractivity contribution in [2.24, 2.45) is 0 Å². The van der Waals surface area contributed by atoms with Crippen molar-refractivity contribution in [2.75, 3.05) is 46.1 Å². The molecular weight excluding hydrogens is 574 g/mol. The van der Waals surface area contributed by atoms with E-state index in [-0.39, 0.29) is 34.2 Å². The molecule has 1 spiro atoms. The first-order chi connectivity index (χ1) is 19.6. The Bertz CT molecular complexity index is 1470. The van der Waals surface area contributed by atoms with Gasteiger partial charge in [-0.3, -0.25) is 0 Å². The summed E-state index contributed by atoms with van der Waals surface area (Å²) in [5.74, 6) is 1.04. The third kappa shape index (κ3) is 6.18. The van der Waals surface area contributed by atoms with E-state index in [0.717, 1.165) is 0 Å². The number of ether oxygens (including phenoxy) is 4. The molecule has 2 N–H and O–H groups in total. The Morgan fingerprint density at radius 1 is 1.10 bits per heavy atom. The van der Waals surface area contributed by atoms with E-state index in [1.54, 1.807) is 18.2 Å². The minimum absolute atomic E-state index is 0.0141. The summed E-state index contributed by atoms with van der Waals surface area (Å²) in [6.45, 7) is 2.15. The van der Waals surface area contributed by atoms with Crippen LogP contribution in [-0.2, 0) is 24.6 Å². The van der Waals surface area contributed by atoms with Crippen LogP contribution in [-0.4, -0.2) is 100 Å². The summed E-state index contributed by atoms with van der Waals surface area (Å²) >= 11 is 0. The predicted octanol–water partition coefficient (Wildman–Crippen LogP) is 1.13. The number of benzene rings is 1. The fourth-order valence-electron chi connectivity index (χ4n) is 5.53. The molecule has 3 fully saturated rings. The van der Waals surface area contributed by atoms with Gasteiger partial charge < -0.3 is 29.4 Å². The molecule has 224 valence electrons. The second-order valence-corrected chi connectivity index (χ2v) is 15.2. The number of aromatic nitrogens is 1. The lowest BCUT2D eigenvalue weighted by atomic mass is 9.88. The Labute approximate surface area is 239 Å². The monoisotopic (exact) mass is 609 g/mol. The summed E-state index contributed by atoms with van der Waals surface area (Å²) < 4.78 is 75.6. The van der Waals surface area contributed by atoms with Crippen LogP contribution in [0.15, 0.2) is 46.3 Å². The third-order valence-corrected chi connectivity index (χ3v) is 12.2. The highest BCUT2D eigenvalue weighted by Crippen LogP contribution is 2.38. The zero-order valence-corrected chi connectivity index (χ0v) is 24.2. The van der Waals surface area contributed by atoms with E-state index < -0.39 is 31.6 Å². The van der Waals surface area contributed by atoms with Crippen LogP contribution in [0, 0.1) is 0 Å². The number of aliphatic hydroxyl groups excluding tert-OH is 1. The fourth-order valence-corrected chi connectivity index (χ4v) is 8.62. The third-order valence-electron chi connectivity index (χ3n) is 8.04. The Kier molecular flexibility index (Phi) is 7.89. The molecular formula is C27H35N3O9S2. The quantitative estimate of drug-likeness (QED) is 0.399. The topological polar surface area (TPSA) is 154 Å². The van der Waals surface area contributed by atoms with Crippen molar-refractivity contribution in [1.29, 1.82) is 0 Å². The van der Waals surface area contributed by atoms with Crippen molar-refractivity contribution >= 4 is 19.9 Å². The molecule has 1 aliphatic carbocycles. The molecule has 1 aromatic carbocycles. The number of nitrogens with one attached hydrogen (secondary N) is 1. The number of hydrogen-bond acceptors (Lipinski definition) is 11. The first-order valence-corrected chi connectivity index (χ1v) is 16.9. The minimum Gasteiger partial charge on any atom is -0.491 e. The van der Waals surface area contributed by atoms with E-state index in [2.05, 4.69) is 10.3 Å². The molecule has 14 heteroatoms. The number of fused-ring (bicyclic) bond motifs is 1. The average molecular weight is 610 g/mol. The fraction of sp³-hybridized carbons (Fsp3) is 0.593. The maximum Gasteiger partial charge on any atom is 0.257 e. The first-order valence-electron chi connectivity index (χ1n) is 13.9. The average Bonchev–Trinajstić information content (AvgIpc) is 3.78.